The molecule has 1 fully saturated rings. The maximum absolute atomic E-state index is 10.6. The largest absolute Gasteiger partial charge is 0.508 e. The van der Waals surface area contributed by atoms with E-state index in [1.807, 2.05) is 29.2 Å². The van der Waals surface area contributed by atoms with Crippen LogP contribution in [0.25, 0.3) is 0 Å². The zero-order valence-electron chi connectivity index (χ0n) is 17.4. The minimum absolute atomic E-state index is 0.198. The topological polar surface area (TPSA) is 134 Å². The SMILES string of the molecule is OC[C@H]1OC(N(CCSc2ccc(O)cc2)CCSc2ccc(O)cc2)[C@H](O)[C@@H](O)[C@@H]1O. The zero-order valence-corrected chi connectivity index (χ0v) is 19.0. The highest BCUT2D eigenvalue weighted by molar-refractivity contribution is 7.99. The van der Waals surface area contributed by atoms with Gasteiger partial charge in [0.25, 0.3) is 0 Å². The van der Waals surface area contributed by atoms with Crippen LogP contribution in [0.15, 0.2) is 58.3 Å². The first-order valence-electron chi connectivity index (χ1n) is 10.3. The first-order chi connectivity index (χ1) is 15.4. The van der Waals surface area contributed by atoms with Gasteiger partial charge in [-0.3, -0.25) is 4.90 Å². The number of aliphatic hydroxyl groups excluding tert-OH is 4. The van der Waals surface area contributed by atoms with Crippen LogP contribution < -0.4 is 0 Å². The molecule has 0 radical (unpaired) electrons. The number of benzene rings is 2. The van der Waals surface area contributed by atoms with Crippen molar-refractivity contribution in [3.8, 4) is 11.5 Å². The number of phenols is 2. The lowest BCUT2D eigenvalue weighted by Crippen LogP contribution is -2.63. The number of rotatable bonds is 10. The summed E-state index contributed by atoms with van der Waals surface area (Å²) in [4.78, 5) is 3.86. The Balaban J connectivity index is 1.64. The van der Waals surface area contributed by atoms with Gasteiger partial charge in [-0.2, -0.15) is 0 Å². The van der Waals surface area contributed by atoms with Crippen molar-refractivity contribution in [3.63, 3.8) is 0 Å². The van der Waals surface area contributed by atoms with Gasteiger partial charge in [-0.1, -0.05) is 0 Å². The van der Waals surface area contributed by atoms with Crippen LogP contribution in [0.1, 0.15) is 0 Å². The lowest BCUT2D eigenvalue weighted by molar-refractivity contribution is -0.264. The highest BCUT2D eigenvalue weighted by Crippen LogP contribution is 2.27. The fourth-order valence-corrected chi connectivity index (χ4v) is 5.18. The van der Waals surface area contributed by atoms with Gasteiger partial charge in [0.05, 0.1) is 6.61 Å². The first kappa shape index (κ1) is 25.1. The number of phenolic OH excluding ortho intramolecular Hbond substituents is 2. The highest BCUT2D eigenvalue weighted by atomic mass is 32.2. The van der Waals surface area contributed by atoms with Crippen molar-refractivity contribution in [3.05, 3.63) is 48.5 Å². The molecule has 0 bridgehead atoms. The number of hydrogen-bond acceptors (Lipinski definition) is 10. The summed E-state index contributed by atoms with van der Waals surface area (Å²) in [5, 5.41) is 59.2. The van der Waals surface area contributed by atoms with Crippen LogP contribution in [-0.4, -0.2) is 97.4 Å². The second-order valence-corrected chi connectivity index (χ2v) is 9.78. The molecule has 0 aromatic heterocycles. The lowest BCUT2D eigenvalue weighted by atomic mass is 9.98. The van der Waals surface area contributed by atoms with Gasteiger partial charge in [-0.25, -0.2) is 0 Å². The monoisotopic (exact) mass is 483 g/mol. The summed E-state index contributed by atoms with van der Waals surface area (Å²) in [5.41, 5.74) is 0. The molecule has 2 aromatic rings. The Morgan fingerprint density at radius 1 is 0.719 bits per heavy atom. The maximum atomic E-state index is 10.6. The summed E-state index contributed by atoms with van der Waals surface area (Å²) in [5.74, 6) is 1.71. The molecule has 8 nitrogen and oxygen atoms in total. The molecule has 1 unspecified atom stereocenters. The van der Waals surface area contributed by atoms with Crippen LogP contribution >= 0.6 is 23.5 Å². The molecule has 0 spiro atoms. The van der Waals surface area contributed by atoms with Gasteiger partial charge < -0.3 is 35.4 Å². The van der Waals surface area contributed by atoms with Gasteiger partial charge in [0.1, 0.15) is 42.1 Å². The van der Waals surface area contributed by atoms with E-state index in [2.05, 4.69) is 0 Å². The van der Waals surface area contributed by atoms with Crippen molar-refractivity contribution in [1.82, 2.24) is 4.90 Å². The molecule has 0 saturated carbocycles. The maximum Gasteiger partial charge on any atom is 0.140 e. The molecule has 0 aliphatic carbocycles. The predicted molar refractivity (Wildman–Crippen MR) is 123 cm³/mol. The number of nitrogens with zero attached hydrogens (tertiary/aromatic N) is 1. The Morgan fingerprint density at radius 2 is 1.19 bits per heavy atom. The Hall–Kier alpha value is -1.50. The van der Waals surface area contributed by atoms with Gasteiger partial charge in [-0.05, 0) is 48.5 Å². The van der Waals surface area contributed by atoms with Crippen molar-refractivity contribution in [1.29, 1.82) is 0 Å². The number of ether oxygens (including phenoxy) is 1. The second kappa shape index (κ2) is 12.1. The molecule has 1 saturated heterocycles. The fraction of sp³-hybridized carbons (Fsp3) is 0.455. The molecule has 1 heterocycles. The van der Waals surface area contributed by atoms with Crippen LogP contribution in [0, 0.1) is 0 Å². The molecule has 0 amide bonds. The smallest absolute Gasteiger partial charge is 0.140 e. The number of aliphatic hydroxyl groups is 4. The van der Waals surface area contributed by atoms with E-state index in [0.717, 1.165) is 9.79 Å². The van der Waals surface area contributed by atoms with E-state index in [-0.39, 0.29) is 11.5 Å². The van der Waals surface area contributed by atoms with Crippen molar-refractivity contribution in [2.75, 3.05) is 31.2 Å². The summed E-state index contributed by atoms with van der Waals surface area (Å²) < 4.78 is 5.76. The minimum Gasteiger partial charge on any atom is -0.508 e. The molecule has 5 atom stereocenters. The summed E-state index contributed by atoms with van der Waals surface area (Å²) >= 11 is 3.15. The minimum atomic E-state index is -1.43. The van der Waals surface area contributed by atoms with E-state index >= 15 is 0 Å². The number of hydrogen-bond donors (Lipinski definition) is 6. The molecular weight excluding hydrogens is 454 g/mol. The third kappa shape index (κ3) is 6.75. The summed E-state index contributed by atoms with van der Waals surface area (Å²) in [6.07, 6.45) is -6.00. The van der Waals surface area contributed by atoms with E-state index in [9.17, 15) is 30.6 Å². The summed E-state index contributed by atoms with van der Waals surface area (Å²) in [6, 6.07) is 13.7. The van der Waals surface area contributed by atoms with Crippen LogP contribution in [-0.2, 0) is 4.74 Å². The highest BCUT2D eigenvalue weighted by Gasteiger charge is 2.45. The molecule has 10 heteroatoms. The van der Waals surface area contributed by atoms with Crippen LogP contribution in [0.4, 0.5) is 0 Å². The summed E-state index contributed by atoms with van der Waals surface area (Å²) in [6.45, 7) is 0.564. The van der Waals surface area contributed by atoms with Gasteiger partial charge in [0.15, 0.2) is 0 Å². The Kier molecular flexibility index (Phi) is 9.50. The van der Waals surface area contributed by atoms with Crippen molar-refractivity contribution in [2.24, 2.45) is 0 Å². The van der Waals surface area contributed by atoms with E-state index in [1.165, 1.54) is 0 Å². The Bertz CT molecular complexity index is 771. The molecule has 6 N–H and O–H groups in total. The lowest BCUT2D eigenvalue weighted by Gasteiger charge is -2.44. The van der Waals surface area contributed by atoms with Crippen molar-refractivity contribution < 1.29 is 35.4 Å². The first-order valence-corrected chi connectivity index (χ1v) is 12.2. The van der Waals surface area contributed by atoms with Crippen molar-refractivity contribution in [2.45, 2.75) is 40.4 Å². The van der Waals surface area contributed by atoms with Gasteiger partial charge in [0.2, 0.25) is 0 Å². The molecule has 32 heavy (non-hydrogen) atoms. The number of aromatic hydroxyl groups is 2. The molecule has 176 valence electrons. The van der Waals surface area contributed by atoms with E-state index < -0.39 is 37.3 Å². The average molecular weight is 484 g/mol. The predicted octanol–water partition coefficient (Wildman–Crippen LogP) is 1.08. The van der Waals surface area contributed by atoms with Crippen molar-refractivity contribution >= 4 is 23.5 Å². The average Bonchev–Trinajstić information content (AvgIpc) is 2.79. The third-order valence-corrected chi connectivity index (χ3v) is 7.18. The Labute approximate surface area is 195 Å². The molecule has 1 aliphatic heterocycles. The second-order valence-electron chi connectivity index (χ2n) is 7.44. The quantitative estimate of drug-likeness (QED) is 0.273. The number of thioether (sulfide) groups is 2. The third-order valence-electron chi connectivity index (χ3n) is 5.19. The summed E-state index contributed by atoms with van der Waals surface area (Å²) in [7, 11) is 0. The van der Waals surface area contributed by atoms with Crippen LogP contribution in [0.5, 0.6) is 11.5 Å². The Morgan fingerprint density at radius 3 is 1.62 bits per heavy atom. The normalized spacial score (nSPS) is 25.8. The van der Waals surface area contributed by atoms with E-state index in [0.29, 0.717) is 24.6 Å². The van der Waals surface area contributed by atoms with E-state index in [4.69, 9.17) is 4.74 Å². The standard InChI is InChI=1S/C22H29NO7S2/c24-13-18-19(27)20(28)21(29)22(30-18)23(9-11-31-16-5-1-14(25)2-6-16)10-12-32-17-7-3-15(26)4-8-17/h1-8,18-22,24-29H,9-13H2/t18-,19-,20+,21-,22?/m1/s1. The van der Waals surface area contributed by atoms with Crippen LogP contribution in [0.3, 0.4) is 0 Å². The van der Waals surface area contributed by atoms with E-state index in [1.54, 1.807) is 47.8 Å². The molecule has 3 rings (SSSR count). The van der Waals surface area contributed by atoms with Gasteiger partial charge >= 0.3 is 0 Å². The molecule has 2 aromatic carbocycles. The fourth-order valence-electron chi connectivity index (χ4n) is 3.40. The molecule has 1 aliphatic rings. The molecular formula is C22H29NO7S2. The van der Waals surface area contributed by atoms with Crippen LogP contribution in [0.2, 0.25) is 0 Å². The van der Waals surface area contributed by atoms with Gasteiger partial charge in [-0.15, -0.1) is 23.5 Å². The van der Waals surface area contributed by atoms with Gasteiger partial charge in [0, 0.05) is 34.4 Å². The zero-order chi connectivity index (χ0) is 23.1.